The number of hydrogen-bond acceptors (Lipinski definition) is 5. The van der Waals surface area contributed by atoms with Gasteiger partial charge in [0.05, 0.1) is 5.56 Å². The van der Waals surface area contributed by atoms with Crippen LogP contribution in [0.3, 0.4) is 0 Å². The van der Waals surface area contributed by atoms with E-state index in [0.717, 1.165) is 87.1 Å². The maximum absolute atomic E-state index is 15.0. The molecule has 2 aromatic rings. The maximum atomic E-state index is 15.0. The molecule has 0 aromatic heterocycles. The zero-order valence-corrected chi connectivity index (χ0v) is 27.6. The van der Waals surface area contributed by atoms with Crippen molar-refractivity contribution in [2.45, 2.75) is 122 Å². The normalized spacial score (nSPS) is 16.9. The molecule has 0 bridgehead atoms. The molecule has 258 valence electrons. The molecule has 2 aromatic carbocycles. The molecule has 0 spiro atoms. The highest BCUT2D eigenvalue weighted by Gasteiger charge is 2.43. The Labute approximate surface area is 276 Å². The Kier molecular flexibility index (Phi) is 15.7. The summed E-state index contributed by atoms with van der Waals surface area (Å²) in [5.74, 6) is -3.57. The van der Waals surface area contributed by atoms with E-state index in [1.807, 2.05) is 43.3 Å². The highest BCUT2D eigenvalue weighted by molar-refractivity contribution is 5.91. The monoisotopic (exact) mass is 660 g/mol. The molecule has 0 aliphatic heterocycles. The molecular formula is C38H48F4O5. The van der Waals surface area contributed by atoms with Gasteiger partial charge < -0.3 is 14.2 Å². The van der Waals surface area contributed by atoms with Gasteiger partial charge in [-0.2, -0.15) is 13.2 Å². The molecule has 47 heavy (non-hydrogen) atoms. The van der Waals surface area contributed by atoms with Crippen molar-refractivity contribution in [2.75, 3.05) is 6.61 Å². The summed E-state index contributed by atoms with van der Waals surface area (Å²) in [5.41, 5.74) is -0.235. The predicted molar refractivity (Wildman–Crippen MR) is 176 cm³/mol. The largest absolute Gasteiger partial charge is 0.449 e. The highest BCUT2D eigenvalue weighted by atomic mass is 19.4. The Bertz CT molecular complexity index is 1320. The van der Waals surface area contributed by atoms with Crippen LogP contribution in [0.2, 0.25) is 0 Å². The Morgan fingerprint density at radius 1 is 0.851 bits per heavy atom. The molecule has 1 aliphatic carbocycles. The van der Waals surface area contributed by atoms with Crippen molar-refractivity contribution in [1.29, 1.82) is 0 Å². The van der Waals surface area contributed by atoms with Crippen LogP contribution in [-0.2, 0) is 14.3 Å². The van der Waals surface area contributed by atoms with Gasteiger partial charge in [-0.25, -0.2) is 14.0 Å². The van der Waals surface area contributed by atoms with E-state index in [-0.39, 0.29) is 18.6 Å². The summed E-state index contributed by atoms with van der Waals surface area (Å²) >= 11 is 0. The SMILES string of the molecule is CCCCCCCCOC1(C(=O)Oc2ccc(C(=O)OC(CCCCCCCC)C(F)(F)F)c(F)c2)C=CC(c2ccccc2)=CC1. The summed E-state index contributed by atoms with van der Waals surface area (Å²) < 4.78 is 72.2. The number of benzene rings is 2. The molecule has 0 fully saturated rings. The Morgan fingerprint density at radius 2 is 1.49 bits per heavy atom. The highest BCUT2D eigenvalue weighted by Crippen LogP contribution is 2.33. The third kappa shape index (κ3) is 12.3. The van der Waals surface area contributed by atoms with Crippen LogP contribution >= 0.6 is 0 Å². The Hall–Kier alpha value is -3.46. The van der Waals surface area contributed by atoms with Crippen molar-refractivity contribution in [3.8, 4) is 5.75 Å². The first kappa shape index (κ1) is 38.0. The fraction of sp³-hybridized carbons (Fsp3) is 0.526. The van der Waals surface area contributed by atoms with E-state index in [4.69, 9.17) is 14.2 Å². The zero-order chi connectivity index (χ0) is 34.1. The average molecular weight is 661 g/mol. The number of carbonyl (C=O) groups excluding carboxylic acids is 2. The number of unbranched alkanes of at least 4 members (excludes halogenated alkanes) is 10. The lowest BCUT2D eigenvalue weighted by molar-refractivity contribution is -0.206. The standard InChI is InChI=1S/C38H48F4O5/c1-3-5-7-9-11-16-20-34(38(40,41)42)47-35(43)32-22-21-31(28-33(32)39)46-36(44)37(45-27-17-12-10-8-6-4-2)25-23-30(24-26-37)29-18-14-13-15-19-29/h13-15,18-19,21-25,28,34H,3-12,16-17,20,26-27H2,1-2H3. The number of alkyl halides is 3. The van der Waals surface area contributed by atoms with Crippen molar-refractivity contribution in [3.05, 3.63) is 83.7 Å². The van der Waals surface area contributed by atoms with Crippen LogP contribution in [0.25, 0.3) is 5.57 Å². The lowest BCUT2D eigenvalue weighted by atomic mass is 9.89. The summed E-state index contributed by atoms with van der Waals surface area (Å²) in [6.45, 7) is 4.51. The average Bonchev–Trinajstić information content (AvgIpc) is 3.05. The van der Waals surface area contributed by atoms with Crippen LogP contribution in [0.5, 0.6) is 5.75 Å². The predicted octanol–water partition coefficient (Wildman–Crippen LogP) is 10.7. The first-order chi connectivity index (χ1) is 22.6. The summed E-state index contributed by atoms with van der Waals surface area (Å²) in [6.07, 6.45) is 8.81. The van der Waals surface area contributed by atoms with E-state index < -0.39 is 47.6 Å². The van der Waals surface area contributed by atoms with Gasteiger partial charge in [0, 0.05) is 19.1 Å². The van der Waals surface area contributed by atoms with Crippen LogP contribution in [0, 0.1) is 5.82 Å². The van der Waals surface area contributed by atoms with E-state index in [1.54, 1.807) is 12.2 Å². The molecule has 0 N–H and O–H groups in total. The van der Waals surface area contributed by atoms with Gasteiger partial charge in [-0.15, -0.1) is 0 Å². The van der Waals surface area contributed by atoms with Crippen molar-refractivity contribution < 1.29 is 41.4 Å². The molecule has 0 amide bonds. The van der Waals surface area contributed by atoms with Gasteiger partial charge >= 0.3 is 18.1 Å². The molecule has 2 atom stereocenters. The first-order valence-corrected chi connectivity index (χ1v) is 17.0. The second-order valence-electron chi connectivity index (χ2n) is 12.1. The third-order valence-corrected chi connectivity index (χ3v) is 8.27. The molecule has 0 radical (unpaired) electrons. The van der Waals surface area contributed by atoms with E-state index in [0.29, 0.717) is 13.0 Å². The second-order valence-corrected chi connectivity index (χ2v) is 12.1. The Morgan fingerprint density at radius 3 is 2.09 bits per heavy atom. The topological polar surface area (TPSA) is 61.8 Å². The summed E-state index contributed by atoms with van der Waals surface area (Å²) in [7, 11) is 0. The van der Waals surface area contributed by atoms with Crippen LogP contribution in [0.15, 0.2) is 66.8 Å². The fourth-order valence-electron chi connectivity index (χ4n) is 5.43. The molecule has 3 rings (SSSR count). The minimum absolute atomic E-state index is 0.187. The molecule has 5 nitrogen and oxygen atoms in total. The van der Waals surface area contributed by atoms with E-state index in [2.05, 4.69) is 6.92 Å². The lowest BCUT2D eigenvalue weighted by Crippen LogP contribution is -2.43. The second kappa shape index (κ2) is 19.4. The van der Waals surface area contributed by atoms with Crippen LogP contribution < -0.4 is 4.74 Å². The smallest absolute Gasteiger partial charge is 0.425 e. The summed E-state index contributed by atoms with van der Waals surface area (Å²) in [4.78, 5) is 26.1. The minimum Gasteiger partial charge on any atom is -0.449 e. The molecule has 1 aliphatic rings. The minimum atomic E-state index is -4.78. The zero-order valence-electron chi connectivity index (χ0n) is 27.6. The van der Waals surface area contributed by atoms with Crippen molar-refractivity contribution >= 4 is 17.5 Å². The van der Waals surface area contributed by atoms with Gasteiger partial charge in [0.25, 0.3) is 0 Å². The first-order valence-electron chi connectivity index (χ1n) is 17.0. The van der Waals surface area contributed by atoms with Gasteiger partial charge in [0.15, 0.2) is 11.7 Å². The number of hydrogen-bond donors (Lipinski definition) is 0. The van der Waals surface area contributed by atoms with Gasteiger partial charge in [0.2, 0.25) is 0 Å². The molecule has 0 saturated carbocycles. The van der Waals surface area contributed by atoms with Gasteiger partial charge in [0.1, 0.15) is 11.6 Å². The number of rotatable bonds is 20. The van der Waals surface area contributed by atoms with E-state index >= 15 is 4.39 Å². The lowest BCUT2D eigenvalue weighted by Gasteiger charge is -2.30. The van der Waals surface area contributed by atoms with Crippen molar-refractivity contribution in [1.82, 2.24) is 0 Å². The van der Waals surface area contributed by atoms with Gasteiger partial charge in [-0.3, -0.25) is 0 Å². The van der Waals surface area contributed by atoms with Gasteiger partial charge in [-0.1, -0.05) is 121 Å². The van der Waals surface area contributed by atoms with Crippen molar-refractivity contribution in [3.63, 3.8) is 0 Å². The number of allylic oxidation sites excluding steroid dienone is 2. The molecule has 0 saturated heterocycles. The molecule has 0 heterocycles. The molecule has 9 heteroatoms. The number of carbonyl (C=O) groups is 2. The molecule has 2 unspecified atom stereocenters. The third-order valence-electron chi connectivity index (χ3n) is 8.27. The molecular weight excluding hydrogens is 612 g/mol. The number of ether oxygens (including phenoxy) is 3. The quantitative estimate of drug-likeness (QED) is 0.0612. The van der Waals surface area contributed by atoms with E-state index in [1.165, 1.54) is 6.42 Å². The maximum Gasteiger partial charge on any atom is 0.425 e. The Balaban J connectivity index is 1.67. The van der Waals surface area contributed by atoms with Crippen LogP contribution in [0.4, 0.5) is 17.6 Å². The van der Waals surface area contributed by atoms with Crippen molar-refractivity contribution in [2.24, 2.45) is 0 Å². The van der Waals surface area contributed by atoms with Crippen LogP contribution in [-0.4, -0.2) is 36.4 Å². The fourth-order valence-corrected chi connectivity index (χ4v) is 5.43. The van der Waals surface area contributed by atoms with Gasteiger partial charge in [-0.05, 0) is 48.6 Å². The number of esters is 2. The van der Waals surface area contributed by atoms with E-state index in [9.17, 15) is 22.8 Å². The summed E-state index contributed by atoms with van der Waals surface area (Å²) in [5, 5.41) is 0. The summed E-state index contributed by atoms with van der Waals surface area (Å²) in [6, 6.07) is 12.6. The number of halogens is 4. The van der Waals surface area contributed by atoms with Crippen LogP contribution in [0.1, 0.15) is 120 Å².